The van der Waals surface area contributed by atoms with Crippen LogP contribution in [0.2, 0.25) is 0 Å². The Balaban J connectivity index is 1.85. The van der Waals surface area contributed by atoms with Crippen LogP contribution in [-0.4, -0.2) is 41.5 Å². The van der Waals surface area contributed by atoms with Crippen molar-refractivity contribution in [3.63, 3.8) is 0 Å². The molecule has 0 aromatic carbocycles. The molecule has 0 unspecified atom stereocenters. The number of nitrogens with zero attached hydrogens (tertiary/aromatic N) is 3. The number of nitrogens with one attached hydrogen (secondary N) is 1. The van der Waals surface area contributed by atoms with E-state index in [2.05, 4.69) is 10.4 Å². The standard InChI is InChI=1S/C14H18N4O3S2/c1-17-9-5-12(16-17)15-14(19)13-11(6-10-22-13)23(20,21)18-7-3-2-4-8-18/h5-6,9-10H,2-4,7-8H2,1H3,(H,15,16,19). The van der Waals surface area contributed by atoms with Crippen LogP contribution in [-0.2, 0) is 17.1 Å². The maximum Gasteiger partial charge on any atom is 0.268 e. The average Bonchev–Trinajstić information content (AvgIpc) is 3.17. The Kier molecular flexibility index (Phi) is 4.51. The Morgan fingerprint density at radius 3 is 2.65 bits per heavy atom. The number of hydrogen-bond acceptors (Lipinski definition) is 5. The third kappa shape index (κ3) is 3.31. The number of aryl methyl sites for hydroxylation is 1. The summed E-state index contributed by atoms with van der Waals surface area (Å²) in [6, 6.07) is 3.16. The molecule has 7 nitrogen and oxygen atoms in total. The summed E-state index contributed by atoms with van der Waals surface area (Å²) < 4.78 is 28.6. The van der Waals surface area contributed by atoms with Crippen LogP contribution in [0.15, 0.2) is 28.6 Å². The van der Waals surface area contributed by atoms with Gasteiger partial charge in [-0.1, -0.05) is 6.42 Å². The molecule has 124 valence electrons. The fraction of sp³-hybridized carbons (Fsp3) is 0.429. The van der Waals surface area contributed by atoms with Crippen LogP contribution >= 0.6 is 11.3 Å². The van der Waals surface area contributed by atoms with Crippen molar-refractivity contribution in [1.29, 1.82) is 0 Å². The summed E-state index contributed by atoms with van der Waals surface area (Å²) >= 11 is 1.12. The molecule has 0 spiro atoms. The summed E-state index contributed by atoms with van der Waals surface area (Å²) in [7, 11) is -1.88. The molecule has 1 fully saturated rings. The molecule has 1 amide bonds. The molecule has 0 atom stereocenters. The highest BCUT2D eigenvalue weighted by Gasteiger charge is 2.31. The number of amides is 1. The van der Waals surface area contributed by atoms with Gasteiger partial charge in [0.05, 0.1) is 0 Å². The van der Waals surface area contributed by atoms with E-state index in [0.29, 0.717) is 18.9 Å². The van der Waals surface area contributed by atoms with Gasteiger partial charge in [-0.05, 0) is 24.3 Å². The lowest BCUT2D eigenvalue weighted by Crippen LogP contribution is -2.36. The summed E-state index contributed by atoms with van der Waals surface area (Å²) in [6.07, 6.45) is 4.47. The zero-order chi connectivity index (χ0) is 16.4. The minimum absolute atomic E-state index is 0.0813. The van der Waals surface area contributed by atoms with E-state index < -0.39 is 15.9 Å². The van der Waals surface area contributed by atoms with Crippen LogP contribution < -0.4 is 5.32 Å². The van der Waals surface area contributed by atoms with E-state index in [-0.39, 0.29) is 9.77 Å². The van der Waals surface area contributed by atoms with Gasteiger partial charge in [-0.3, -0.25) is 9.48 Å². The van der Waals surface area contributed by atoms with Gasteiger partial charge in [-0.25, -0.2) is 8.42 Å². The minimum Gasteiger partial charge on any atom is -0.304 e. The van der Waals surface area contributed by atoms with E-state index in [1.54, 1.807) is 29.4 Å². The number of carbonyl (C=O) groups is 1. The third-order valence-corrected chi connectivity index (χ3v) is 6.71. The third-order valence-electron chi connectivity index (χ3n) is 3.72. The van der Waals surface area contributed by atoms with E-state index in [0.717, 1.165) is 30.6 Å². The lowest BCUT2D eigenvalue weighted by atomic mass is 10.2. The van der Waals surface area contributed by atoms with Gasteiger partial charge < -0.3 is 5.32 Å². The lowest BCUT2D eigenvalue weighted by molar-refractivity contribution is 0.102. The van der Waals surface area contributed by atoms with Crippen molar-refractivity contribution < 1.29 is 13.2 Å². The first-order valence-electron chi connectivity index (χ1n) is 7.37. The number of rotatable bonds is 4. The van der Waals surface area contributed by atoms with E-state index in [1.807, 2.05) is 0 Å². The van der Waals surface area contributed by atoms with Gasteiger partial charge in [0.2, 0.25) is 10.0 Å². The Morgan fingerprint density at radius 2 is 2.00 bits per heavy atom. The number of aromatic nitrogens is 2. The van der Waals surface area contributed by atoms with Crippen molar-refractivity contribution in [1.82, 2.24) is 14.1 Å². The monoisotopic (exact) mass is 354 g/mol. The number of anilines is 1. The second-order valence-corrected chi connectivity index (χ2v) is 8.23. The van der Waals surface area contributed by atoms with Crippen LogP contribution in [0.5, 0.6) is 0 Å². The lowest BCUT2D eigenvalue weighted by Gasteiger charge is -2.25. The van der Waals surface area contributed by atoms with Crippen molar-refractivity contribution in [3.8, 4) is 0 Å². The number of carbonyl (C=O) groups excluding carboxylic acids is 1. The normalized spacial score (nSPS) is 16.4. The predicted molar refractivity (Wildman–Crippen MR) is 88.1 cm³/mol. The number of piperidine rings is 1. The van der Waals surface area contributed by atoms with Crippen molar-refractivity contribution in [3.05, 3.63) is 28.6 Å². The van der Waals surface area contributed by atoms with Crippen LogP contribution in [0.25, 0.3) is 0 Å². The van der Waals surface area contributed by atoms with E-state index in [9.17, 15) is 13.2 Å². The molecule has 9 heteroatoms. The van der Waals surface area contributed by atoms with Gasteiger partial charge in [0.25, 0.3) is 5.91 Å². The zero-order valence-corrected chi connectivity index (χ0v) is 14.4. The predicted octanol–water partition coefficient (Wildman–Crippen LogP) is 1.91. The summed E-state index contributed by atoms with van der Waals surface area (Å²) in [5.41, 5.74) is 0. The van der Waals surface area contributed by atoms with Crippen LogP contribution in [0.4, 0.5) is 5.82 Å². The van der Waals surface area contributed by atoms with Crippen molar-refractivity contribution in [2.75, 3.05) is 18.4 Å². The van der Waals surface area contributed by atoms with Crippen LogP contribution in [0.3, 0.4) is 0 Å². The topological polar surface area (TPSA) is 84.3 Å². The van der Waals surface area contributed by atoms with Gasteiger partial charge in [0, 0.05) is 32.4 Å². The molecular formula is C14H18N4O3S2. The molecule has 1 saturated heterocycles. The molecule has 3 heterocycles. The summed E-state index contributed by atoms with van der Waals surface area (Å²) in [6.45, 7) is 1.03. The van der Waals surface area contributed by atoms with E-state index >= 15 is 0 Å². The highest BCUT2D eigenvalue weighted by Crippen LogP contribution is 2.27. The molecule has 2 aromatic rings. The molecule has 0 aliphatic carbocycles. The zero-order valence-electron chi connectivity index (χ0n) is 12.7. The summed E-state index contributed by atoms with van der Waals surface area (Å²) in [4.78, 5) is 12.7. The maximum absolute atomic E-state index is 12.8. The largest absolute Gasteiger partial charge is 0.304 e. The maximum atomic E-state index is 12.8. The molecule has 0 radical (unpaired) electrons. The number of sulfonamides is 1. The highest BCUT2D eigenvalue weighted by molar-refractivity contribution is 7.89. The quantitative estimate of drug-likeness (QED) is 0.909. The fourth-order valence-corrected chi connectivity index (χ4v) is 5.38. The second-order valence-electron chi connectivity index (χ2n) is 5.41. The smallest absolute Gasteiger partial charge is 0.268 e. The highest BCUT2D eigenvalue weighted by atomic mass is 32.2. The second kappa shape index (κ2) is 6.42. The van der Waals surface area contributed by atoms with Crippen molar-refractivity contribution in [2.24, 2.45) is 7.05 Å². The van der Waals surface area contributed by atoms with Crippen molar-refractivity contribution in [2.45, 2.75) is 24.2 Å². The van der Waals surface area contributed by atoms with E-state index in [1.165, 1.54) is 10.4 Å². The molecule has 2 aromatic heterocycles. The molecule has 1 N–H and O–H groups in total. The molecule has 3 rings (SSSR count). The van der Waals surface area contributed by atoms with Gasteiger partial charge in [-0.2, -0.15) is 9.40 Å². The number of hydrogen-bond donors (Lipinski definition) is 1. The Labute approximate surface area is 139 Å². The van der Waals surface area contributed by atoms with Gasteiger partial charge in [-0.15, -0.1) is 11.3 Å². The molecule has 1 aliphatic heterocycles. The first-order chi connectivity index (χ1) is 11.0. The minimum atomic E-state index is -3.62. The van der Waals surface area contributed by atoms with Gasteiger partial charge >= 0.3 is 0 Å². The summed E-state index contributed by atoms with van der Waals surface area (Å²) in [5, 5.41) is 8.34. The van der Waals surface area contributed by atoms with E-state index in [4.69, 9.17) is 0 Å². The Morgan fingerprint density at radius 1 is 1.26 bits per heavy atom. The fourth-order valence-electron chi connectivity index (χ4n) is 2.57. The average molecular weight is 354 g/mol. The molecule has 23 heavy (non-hydrogen) atoms. The van der Waals surface area contributed by atoms with Crippen molar-refractivity contribution >= 4 is 33.1 Å². The van der Waals surface area contributed by atoms with Gasteiger partial charge in [0.1, 0.15) is 9.77 Å². The summed E-state index contributed by atoms with van der Waals surface area (Å²) in [5.74, 6) is -0.0542. The first kappa shape index (κ1) is 16.2. The molecule has 0 bridgehead atoms. The Hall–Kier alpha value is -1.71. The SMILES string of the molecule is Cn1ccc(NC(=O)c2sccc2S(=O)(=O)N2CCCCC2)n1. The van der Waals surface area contributed by atoms with Crippen LogP contribution in [0, 0.1) is 0 Å². The molecule has 1 aliphatic rings. The Bertz CT molecular complexity index is 804. The number of thiophene rings is 1. The molecule has 0 saturated carbocycles. The first-order valence-corrected chi connectivity index (χ1v) is 9.69. The molecular weight excluding hydrogens is 336 g/mol. The van der Waals surface area contributed by atoms with Crippen LogP contribution in [0.1, 0.15) is 28.9 Å². The van der Waals surface area contributed by atoms with Gasteiger partial charge in [0.15, 0.2) is 5.82 Å².